The van der Waals surface area contributed by atoms with E-state index in [0.29, 0.717) is 11.5 Å². The van der Waals surface area contributed by atoms with Gasteiger partial charge in [0.05, 0.1) is 14.2 Å². The van der Waals surface area contributed by atoms with Gasteiger partial charge in [-0.1, -0.05) is 6.07 Å². The Kier molecular flexibility index (Phi) is 5.26. The largest absolute Gasteiger partial charge is 0.493 e. The summed E-state index contributed by atoms with van der Waals surface area (Å²) in [6.07, 6.45) is 2.82. The lowest BCUT2D eigenvalue weighted by Gasteiger charge is -2.07. The highest BCUT2D eigenvalue weighted by Gasteiger charge is 2.03. The molecule has 0 amide bonds. The van der Waals surface area contributed by atoms with Crippen molar-refractivity contribution in [2.24, 2.45) is 0 Å². The van der Waals surface area contributed by atoms with Crippen molar-refractivity contribution in [3.8, 4) is 17.6 Å². The lowest BCUT2D eigenvalue weighted by molar-refractivity contribution is -0.136. The maximum atomic E-state index is 11.1. The molecule has 0 aliphatic rings. The van der Waals surface area contributed by atoms with Crippen molar-refractivity contribution in [1.29, 1.82) is 5.26 Å². The summed E-state index contributed by atoms with van der Waals surface area (Å²) >= 11 is 0. The number of nitrogens with zero attached hydrogens (tertiary/aromatic N) is 1. The summed E-state index contributed by atoms with van der Waals surface area (Å²) in [7, 11) is 3.08. The van der Waals surface area contributed by atoms with Gasteiger partial charge in [-0.15, -0.1) is 0 Å². The van der Waals surface area contributed by atoms with Crippen LogP contribution in [0.15, 0.2) is 24.3 Å². The van der Waals surface area contributed by atoms with E-state index in [2.05, 4.69) is 4.74 Å². The van der Waals surface area contributed by atoms with Crippen LogP contribution < -0.4 is 9.47 Å². The van der Waals surface area contributed by atoms with Crippen LogP contribution in [0.4, 0.5) is 0 Å². The predicted octanol–water partition coefficient (Wildman–Crippen LogP) is 1.78. The summed E-state index contributed by atoms with van der Waals surface area (Å²) in [6, 6.07) is 6.95. The zero-order valence-corrected chi connectivity index (χ0v) is 10.2. The van der Waals surface area contributed by atoms with Gasteiger partial charge >= 0.3 is 5.97 Å². The fourth-order valence-corrected chi connectivity index (χ4v) is 1.27. The van der Waals surface area contributed by atoms with Crippen LogP contribution in [0.3, 0.4) is 0 Å². The standard InChI is InChI=1S/C13H13NO4/c1-16-11-5-3-10(9-12(11)17-2)4-6-13(15)18-8-7-14/h3-6,9H,8H2,1-2H3/b6-4+. The van der Waals surface area contributed by atoms with Gasteiger partial charge in [-0.3, -0.25) is 0 Å². The first-order valence-corrected chi connectivity index (χ1v) is 5.15. The molecule has 1 rings (SSSR count). The third-order valence-electron chi connectivity index (χ3n) is 2.10. The molecular formula is C13H13NO4. The van der Waals surface area contributed by atoms with Crippen LogP contribution in [0.2, 0.25) is 0 Å². The molecular weight excluding hydrogens is 234 g/mol. The van der Waals surface area contributed by atoms with Crippen LogP contribution >= 0.6 is 0 Å². The molecule has 0 heterocycles. The fourth-order valence-electron chi connectivity index (χ4n) is 1.27. The Morgan fingerprint density at radius 3 is 2.67 bits per heavy atom. The highest BCUT2D eigenvalue weighted by molar-refractivity contribution is 5.87. The molecule has 0 aromatic heterocycles. The van der Waals surface area contributed by atoms with Gasteiger partial charge in [0, 0.05) is 6.08 Å². The number of nitriles is 1. The third-order valence-corrected chi connectivity index (χ3v) is 2.10. The van der Waals surface area contributed by atoms with E-state index in [9.17, 15) is 4.79 Å². The number of carbonyl (C=O) groups is 1. The molecule has 1 aromatic carbocycles. The minimum atomic E-state index is -0.564. The van der Waals surface area contributed by atoms with Crippen molar-refractivity contribution < 1.29 is 19.0 Å². The monoisotopic (exact) mass is 247 g/mol. The zero-order valence-electron chi connectivity index (χ0n) is 10.2. The molecule has 0 spiro atoms. The van der Waals surface area contributed by atoms with Crippen LogP contribution in [-0.2, 0) is 9.53 Å². The summed E-state index contributed by atoms with van der Waals surface area (Å²) in [6.45, 7) is -0.255. The van der Waals surface area contributed by atoms with Crippen molar-refractivity contribution in [2.45, 2.75) is 0 Å². The summed E-state index contributed by atoms with van der Waals surface area (Å²) in [5, 5.41) is 8.24. The second kappa shape index (κ2) is 6.97. The lowest BCUT2D eigenvalue weighted by atomic mass is 10.2. The number of benzene rings is 1. The molecule has 0 unspecified atom stereocenters. The number of ether oxygens (including phenoxy) is 3. The highest BCUT2D eigenvalue weighted by Crippen LogP contribution is 2.27. The molecule has 0 aliphatic heterocycles. The normalized spacial score (nSPS) is 9.83. The SMILES string of the molecule is COc1ccc(/C=C/C(=O)OCC#N)cc1OC. The molecule has 0 atom stereocenters. The molecule has 18 heavy (non-hydrogen) atoms. The van der Waals surface area contributed by atoms with Gasteiger partial charge in [-0.25, -0.2) is 4.79 Å². The lowest BCUT2D eigenvalue weighted by Crippen LogP contribution is -1.99. The number of carbonyl (C=O) groups excluding carboxylic acids is 1. The highest BCUT2D eigenvalue weighted by atomic mass is 16.5. The summed E-state index contributed by atoms with van der Waals surface area (Å²) in [5.41, 5.74) is 0.765. The molecule has 0 radical (unpaired) electrons. The van der Waals surface area contributed by atoms with Crippen molar-refractivity contribution in [2.75, 3.05) is 20.8 Å². The summed E-state index contributed by atoms with van der Waals surface area (Å²) < 4.78 is 14.8. The molecule has 94 valence electrons. The first-order valence-electron chi connectivity index (χ1n) is 5.15. The second-order valence-corrected chi connectivity index (χ2v) is 3.21. The molecule has 0 bridgehead atoms. The smallest absolute Gasteiger partial charge is 0.331 e. The third kappa shape index (κ3) is 3.83. The molecule has 0 saturated heterocycles. The van der Waals surface area contributed by atoms with Crippen LogP contribution in [0, 0.1) is 11.3 Å². The Morgan fingerprint density at radius 2 is 2.06 bits per heavy atom. The van der Waals surface area contributed by atoms with Crippen LogP contribution in [0.25, 0.3) is 6.08 Å². The van der Waals surface area contributed by atoms with Crippen molar-refractivity contribution in [3.05, 3.63) is 29.8 Å². The van der Waals surface area contributed by atoms with Crippen molar-refractivity contribution in [3.63, 3.8) is 0 Å². The van der Waals surface area contributed by atoms with Gasteiger partial charge in [-0.2, -0.15) is 5.26 Å². The first-order chi connectivity index (χ1) is 8.71. The van der Waals surface area contributed by atoms with Gasteiger partial charge in [0.25, 0.3) is 0 Å². The van der Waals surface area contributed by atoms with E-state index in [1.54, 1.807) is 37.5 Å². The van der Waals surface area contributed by atoms with Gasteiger partial charge in [0.15, 0.2) is 18.1 Å². The topological polar surface area (TPSA) is 68.5 Å². The molecule has 0 fully saturated rings. The number of rotatable bonds is 5. The Morgan fingerprint density at radius 1 is 1.33 bits per heavy atom. The van der Waals surface area contributed by atoms with E-state index in [4.69, 9.17) is 14.7 Å². The fraction of sp³-hybridized carbons (Fsp3) is 0.231. The Balaban J connectivity index is 2.76. The molecule has 5 nitrogen and oxygen atoms in total. The second-order valence-electron chi connectivity index (χ2n) is 3.21. The Labute approximate surface area is 105 Å². The molecule has 5 heteroatoms. The maximum Gasteiger partial charge on any atom is 0.331 e. The van der Waals surface area contributed by atoms with E-state index in [1.807, 2.05) is 0 Å². The number of hydrogen-bond donors (Lipinski definition) is 0. The molecule has 0 N–H and O–H groups in total. The minimum Gasteiger partial charge on any atom is -0.493 e. The Hall–Kier alpha value is -2.48. The predicted molar refractivity (Wildman–Crippen MR) is 65.2 cm³/mol. The van der Waals surface area contributed by atoms with E-state index < -0.39 is 5.97 Å². The van der Waals surface area contributed by atoms with Crippen LogP contribution in [-0.4, -0.2) is 26.8 Å². The number of esters is 1. The van der Waals surface area contributed by atoms with Crippen molar-refractivity contribution in [1.82, 2.24) is 0 Å². The maximum absolute atomic E-state index is 11.1. The number of hydrogen-bond acceptors (Lipinski definition) is 5. The zero-order chi connectivity index (χ0) is 13.4. The van der Waals surface area contributed by atoms with Crippen LogP contribution in [0.1, 0.15) is 5.56 Å². The molecule has 0 saturated carbocycles. The number of methoxy groups -OCH3 is 2. The van der Waals surface area contributed by atoms with E-state index in [0.717, 1.165) is 5.56 Å². The van der Waals surface area contributed by atoms with Crippen molar-refractivity contribution >= 4 is 12.0 Å². The summed E-state index contributed by atoms with van der Waals surface area (Å²) in [4.78, 5) is 11.1. The minimum absolute atomic E-state index is 0.255. The van der Waals surface area contributed by atoms with E-state index >= 15 is 0 Å². The van der Waals surface area contributed by atoms with Gasteiger partial charge in [0.2, 0.25) is 0 Å². The average molecular weight is 247 g/mol. The van der Waals surface area contributed by atoms with E-state index in [1.165, 1.54) is 13.2 Å². The quantitative estimate of drug-likeness (QED) is 0.586. The van der Waals surface area contributed by atoms with Gasteiger partial charge in [0.1, 0.15) is 6.07 Å². The first kappa shape index (κ1) is 13.6. The molecule has 1 aromatic rings. The van der Waals surface area contributed by atoms with Crippen LogP contribution in [0.5, 0.6) is 11.5 Å². The van der Waals surface area contributed by atoms with Gasteiger partial charge in [-0.05, 0) is 23.8 Å². The summed E-state index contributed by atoms with van der Waals surface area (Å²) in [5.74, 6) is 0.623. The van der Waals surface area contributed by atoms with Gasteiger partial charge < -0.3 is 14.2 Å². The average Bonchev–Trinajstić information content (AvgIpc) is 2.42. The molecule has 0 aliphatic carbocycles. The Bertz CT molecular complexity index is 488. The van der Waals surface area contributed by atoms with E-state index in [-0.39, 0.29) is 6.61 Å².